The molecule has 1 atom stereocenters. The van der Waals surface area contributed by atoms with E-state index in [9.17, 15) is 0 Å². The molecule has 19 heavy (non-hydrogen) atoms. The molecule has 0 amide bonds. The van der Waals surface area contributed by atoms with E-state index in [0.717, 1.165) is 12.0 Å². The maximum absolute atomic E-state index is 3.77. The van der Waals surface area contributed by atoms with Crippen LogP contribution in [0.1, 0.15) is 65.7 Å². The molecule has 2 saturated carbocycles. The van der Waals surface area contributed by atoms with Crippen LogP contribution in [0.5, 0.6) is 0 Å². The van der Waals surface area contributed by atoms with E-state index >= 15 is 0 Å². The summed E-state index contributed by atoms with van der Waals surface area (Å²) in [7, 11) is 0. The van der Waals surface area contributed by atoms with Gasteiger partial charge in [-0.15, -0.1) is 0 Å². The molecule has 2 fully saturated rings. The predicted molar refractivity (Wildman–Crippen MR) is 83.5 cm³/mol. The average Bonchev–Trinajstić information content (AvgIpc) is 3.14. The first kappa shape index (κ1) is 15.3. The highest BCUT2D eigenvalue weighted by atomic mass is 15.1. The van der Waals surface area contributed by atoms with Gasteiger partial charge < -0.3 is 10.2 Å². The molecule has 0 aromatic heterocycles. The van der Waals surface area contributed by atoms with Gasteiger partial charge in [0.2, 0.25) is 0 Å². The Labute approximate surface area is 120 Å². The topological polar surface area (TPSA) is 15.3 Å². The summed E-state index contributed by atoms with van der Waals surface area (Å²) in [4.78, 5) is 2.72. The maximum atomic E-state index is 3.77. The molecule has 2 aliphatic carbocycles. The van der Waals surface area contributed by atoms with Gasteiger partial charge in [-0.3, -0.25) is 0 Å². The largest absolute Gasteiger partial charge is 0.313 e. The highest BCUT2D eigenvalue weighted by molar-refractivity contribution is 4.87. The molecule has 2 nitrogen and oxygen atoms in total. The summed E-state index contributed by atoms with van der Waals surface area (Å²) in [6.07, 6.45) is 9.89. The van der Waals surface area contributed by atoms with Gasteiger partial charge >= 0.3 is 0 Å². The normalized spacial score (nSPS) is 23.4. The minimum atomic E-state index is 0.469. The molecule has 0 aromatic rings. The Hall–Kier alpha value is -0.0800. The van der Waals surface area contributed by atoms with E-state index in [4.69, 9.17) is 0 Å². The zero-order valence-electron chi connectivity index (χ0n) is 13.4. The third-order valence-electron chi connectivity index (χ3n) is 5.04. The SMILES string of the molecule is CCCC(C)(CNC1CC1)CN(CC)CC1CCC1. The van der Waals surface area contributed by atoms with Crippen LogP contribution in [0.4, 0.5) is 0 Å². The Balaban J connectivity index is 1.80. The van der Waals surface area contributed by atoms with Gasteiger partial charge in [-0.05, 0) is 50.0 Å². The molecule has 2 aliphatic rings. The Kier molecular flexibility index (Phi) is 5.70. The van der Waals surface area contributed by atoms with E-state index in [0.29, 0.717) is 5.41 Å². The summed E-state index contributed by atoms with van der Waals surface area (Å²) in [5.74, 6) is 1.00. The number of nitrogens with one attached hydrogen (secondary N) is 1. The van der Waals surface area contributed by atoms with Crippen molar-refractivity contribution in [2.75, 3.05) is 26.2 Å². The monoisotopic (exact) mass is 266 g/mol. The van der Waals surface area contributed by atoms with E-state index in [1.807, 2.05) is 0 Å². The Morgan fingerprint density at radius 2 is 1.89 bits per heavy atom. The lowest BCUT2D eigenvalue weighted by molar-refractivity contribution is 0.116. The fourth-order valence-corrected chi connectivity index (χ4v) is 3.39. The highest BCUT2D eigenvalue weighted by Gasteiger charge is 2.30. The first-order chi connectivity index (χ1) is 9.15. The van der Waals surface area contributed by atoms with Crippen LogP contribution in [-0.2, 0) is 0 Å². The first-order valence-corrected chi connectivity index (χ1v) is 8.61. The van der Waals surface area contributed by atoms with Crippen molar-refractivity contribution in [2.45, 2.75) is 71.8 Å². The van der Waals surface area contributed by atoms with Crippen molar-refractivity contribution in [2.24, 2.45) is 11.3 Å². The summed E-state index contributed by atoms with van der Waals surface area (Å²) in [5.41, 5.74) is 0.469. The molecule has 2 rings (SSSR count). The number of rotatable bonds is 10. The minimum absolute atomic E-state index is 0.469. The summed E-state index contributed by atoms with van der Waals surface area (Å²) >= 11 is 0. The molecule has 1 N–H and O–H groups in total. The van der Waals surface area contributed by atoms with Crippen molar-refractivity contribution in [3.05, 3.63) is 0 Å². The van der Waals surface area contributed by atoms with E-state index < -0.39 is 0 Å². The van der Waals surface area contributed by atoms with E-state index in [-0.39, 0.29) is 0 Å². The Bertz CT molecular complexity index is 258. The molecule has 0 radical (unpaired) electrons. The van der Waals surface area contributed by atoms with Crippen LogP contribution in [0, 0.1) is 11.3 Å². The molecule has 0 aliphatic heterocycles. The van der Waals surface area contributed by atoms with Crippen molar-refractivity contribution in [1.82, 2.24) is 10.2 Å². The second-order valence-electron chi connectivity index (χ2n) is 7.34. The van der Waals surface area contributed by atoms with Gasteiger partial charge in [0.05, 0.1) is 0 Å². The molecule has 112 valence electrons. The lowest BCUT2D eigenvalue weighted by Gasteiger charge is -2.38. The van der Waals surface area contributed by atoms with Crippen LogP contribution in [0.2, 0.25) is 0 Å². The van der Waals surface area contributed by atoms with Crippen molar-refractivity contribution in [3.8, 4) is 0 Å². The summed E-state index contributed by atoms with van der Waals surface area (Å²) in [6.45, 7) is 12.2. The van der Waals surface area contributed by atoms with Gasteiger partial charge in [0, 0.05) is 25.7 Å². The van der Waals surface area contributed by atoms with Crippen LogP contribution in [0.3, 0.4) is 0 Å². The van der Waals surface area contributed by atoms with Gasteiger partial charge in [-0.2, -0.15) is 0 Å². The molecule has 1 unspecified atom stereocenters. The predicted octanol–water partition coefficient (Wildman–Crippen LogP) is 3.67. The molecule has 2 heteroatoms. The highest BCUT2D eigenvalue weighted by Crippen LogP contribution is 2.30. The lowest BCUT2D eigenvalue weighted by Crippen LogP contribution is -2.45. The molecular formula is C17H34N2. The van der Waals surface area contributed by atoms with Gasteiger partial charge in [0.25, 0.3) is 0 Å². The van der Waals surface area contributed by atoms with Gasteiger partial charge in [-0.1, -0.05) is 33.6 Å². The summed E-state index contributed by atoms with van der Waals surface area (Å²) in [5, 5.41) is 3.77. The second-order valence-corrected chi connectivity index (χ2v) is 7.34. The number of nitrogens with zero attached hydrogens (tertiary/aromatic N) is 1. The lowest BCUT2D eigenvalue weighted by atomic mass is 9.82. The van der Waals surface area contributed by atoms with Crippen molar-refractivity contribution < 1.29 is 0 Å². The molecule has 0 bridgehead atoms. The molecule has 0 heterocycles. The van der Waals surface area contributed by atoms with Gasteiger partial charge in [-0.25, -0.2) is 0 Å². The number of hydrogen-bond donors (Lipinski definition) is 1. The van der Waals surface area contributed by atoms with E-state index in [1.54, 1.807) is 0 Å². The van der Waals surface area contributed by atoms with E-state index in [2.05, 4.69) is 31.0 Å². The Morgan fingerprint density at radius 1 is 1.16 bits per heavy atom. The standard InChI is InChI=1S/C17H34N2/c1-4-11-17(3,13-18-16-9-10-16)14-19(5-2)12-15-7-6-8-15/h15-16,18H,4-14H2,1-3H3. The average molecular weight is 266 g/mol. The third kappa shape index (κ3) is 5.07. The van der Waals surface area contributed by atoms with Crippen molar-refractivity contribution in [1.29, 1.82) is 0 Å². The van der Waals surface area contributed by atoms with Crippen LogP contribution < -0.4 is 5.32 Å². The molecule has 0 spiro atoms. The molecule has 0 aromatic carbocycles. The number of hydrogen-bond acceptors (Lipinski definition) is 2. The third-order valence-corrected chi connectivity index (χ3v) is 5.04. The first-order valence-electron chi connectivity index (χ1n) is 8.61. The van der Waals surface area contributed by atoms with Crippen LogP contribution in [0.15, 0.2) is 0 Å². The smallest absolute Gasteiger partial charge is 0.00684 e. The summed E-state index contributed by atoms with van der Waals surface area (Å²) < 4.78 is 0. The van der Waals surface area contributed by atoms with Crippen LogP contribution in [0.25, 0.3) is 0 Å². The minimum Gasteiger partial charge on any atom is -0.313 e. The van der Waals surface area contributed by atoms with Crippen LogP contribution >= 0.6 is 0 Å². The zero-order valence-corrected chi connectivity index (χ0v) is 13.4. The van der Waals surface area contributed by atoms with Crippen LogP contribution in [-0.4, -0.2) is 37.1 Å². The Morgan fingerprint density at radius 3 is 2.37 bits per heavy atom. The fraction of sp³-hybridized carbons (Fsp3) is 1.00. The molecule has 0 saturated heterocycles. The van der Waals surface area contributed by atoms with E-state index in [1.165, 1.54) is 71.1 Å². The quantitative estimate of drug-likeness (QED) is 0.649. The fourth-order valence-electron chi connectivity index (χ4n) is 3.39. The summed E-state index contributed by atoms with van der Waals surface area (Å²) in [6, 6.07) is 0.845. The van der Waals surface area contributed by atoms with Gasteiger partial charge in [0.15, 0.2) is 0 Å². The zero-order chi connectivity index (χ0) is 13.7. The van der Waals surface area contributed by atoms with Crippen molar-refractivity contribution in [3.63, 3.8) is 0 Å². The maximum Gasteiger partial charge on any atom is 0.00684 e. The molecular weight excluding hydrogens is 232 g/mol. The second kappa shape index (κ2) is 7.08. The van der Waals surface area contributed by atoms with Gasteiger partial charge in [0.1, 0.15) is 0 Å². The van der Waals surface area contributed by atoms with Crippen molar-refractivity contribution >= 4 is 0 Å².